The average molecular weight is 383 g/mol. The van der Waals surface area contributed by atoms with Crippen LogP contribution in [0.5, 0.6) is 0 Å². The van der Waals surface area contributed by atoms with Gasteiger partial charge in [-0.05, 0) is 45.6 Å². The first-order valence-electron chi connectivity index (χ1n) is 9.86. The molecule has 1 aliphatic heterocycles. The predicted molar refractivity (Wildman–Crippen MR) is 107 cm³/mol. The van der Waals surface area contributed by atoms with E-state index in [-0.39, 0.29) is 11.4 Å². The standard InChI is InChI=1S/C22H29N3O3/c1-5-18-17(15-23-25(18)21(2,3)4)19(26)24-13-11-22(12-14-24,20(27)28)16-9-7-6-8-10-16/h6-10,15H,5,11-14H2,1-4H3,(H,27,28). The van der Waals surface area contributed by atoms with Gasteiger partial charge in [0.25, 0.3) is 5.91 Å². The summed E-state index contributed by atoms with van der Waals surface area (Å²) in [5.74, 6) is -0.875. The van der Waals surface area contributed by atoms with Crippen LogP contribution in [0.3, 0.4) is 0 Å². The van der Waals surface area contributed by atoms with Crippen LogP contribution in [0.15, 0.2) is 36.5 Å². The van der Waals surface area contributed by atoms with Gasteiger partial charge in [-0.1, -0.05) is 37.3 Å². The number of carboxylic acids is 1. The van der Waals surface area contributed by atoms with E-state index in [4.69, 9.17) is 0 Å². The molecule has 0 radical (unpaired) electrons. The molecule has 0 unspecified atom stereocenters. The first-order chi connectivity index (χ1) is 13.2. The van der Waals surface area contributed by atoms with Gasteiger partial charge in [0, 0.05) is 13.1 Å². The van der Waals surface area contributed by atoms with Gasteiger partial charge in [-0.3, -0.25) is 14.3 Å². The maximum Gasteiger partial charge on any atom is 0.314 e. The Balaban J connectivity index is 1.83. The second-order valence-electron chi connectivity index (χ2n) is 8.49. The molecule has 2 aromatic rings. The topological polar surface area (TPSA) is 75.4 Å². The molecule has 1 aliphatic rings. The van der Waals surface area contributed by atoms with E-state index in [1.807, 2.05) is 41.9 Å². The number of amides is 1. The molecule has 150 valence electrons. The Morgan fingerprint density at radius 3 is 2.25 bits per heavy atom. The Bertz CT molecular complexity index is 857. The zero-order valence-corrected chi connectivity index (χ0v) is 17.1. The van der Waals surface area contributed by atoms with Gasteiger partial charge in [-0.25, -0.2) is 0 Å². The summed E-state index contributed by atoms with van der Waals surface area (Å²) in [7, 11) is 0. The predicted octanol–water partition coefficient (Wildman–Crippen LogP) is 3.46. The highest BCUT2D eigenvalue weighted by Gasteiger charge is 2.44. The Hall–Kier alpha value is -2.63. The summed E-state index contributed by atoms with van der Waals surface area (Å²) in [5, 5.41) is 14.4. The van der Waals surface area contributed by atoms with Gasteiger partial charge in [0.1, 0.15) is 0 Å². The van der Waals surface area contributed by atoms with Crippen LogP contribution in [0.2, 0.25) is 0 Å². The third-order valence-electron chi connectivity index (χ3n) is 5.71. The lowest BCUT2D eigenvalue weighted by atomic mass is 9.72. The highest BCUT2D eigenvalue weighted by molar-refractivity contribution is 5.95. The van der Waals surface area contributed by atoms with Crippen LogP contribution in [0.4, 0.5) is 0 Å². The molecule has 6 heteroatoms. The lowest BCUT2D eigenvalue weighted by Gasteiger charge is -2.39. The van der Waals surface area contributed by atoms with Crippen LogP contribution in [0.1, 0.15) is 62.2 Å². The van der Waals surface area contributed by atoms with E-state index in [1.165, 1.54) is 0 Å². The van der Waals surface area contributed by atoms with Crippen molar-refractivity contribution < 1.29 is 14.7 Å². The van der Waals surface area contributed by atoms with Crippen LogP contribution < -0.4 is 0 Å². The fourth-order valence-electron chi connectivity index (χ4n) is 4.12. The first kappa shape index (κ1) is 20.1. The van der Waals surface area contributed by atoms with Crippen molar-refractivity contribution in [2.45, 2.75) is 57.9 Å². The molecule has 28 heavy (non-hydrogen) atoms. The number of carboxylic acid groups (broad SMARTS) is 1. The number of hydrogen-bond donors (Lipinski definition) is 1. The van der Waals surface area contributed by atoms with Crippen molar-refractivity contribution in [3.8, 4) is 0 Å². The number of likely N-dealkylation sites (tertiary alicyclic amines) is 1. The molecular formula is C22H29N3O3. The Morgan fingerprint density at radius 2 is 1.75 bits per heavy atom. The lowest BCUT2D eigenvalue weighted by Crippen LogP contribution is -2.49. The molecule has 1 fully saturated rings. The molecule has 2 heterocycles. The molecule has 0 bridgehead atoms. The third kappa shape index (κ3) is 3.43. The number of carbonyl (C=O) groups is 2. The Kier molecular flexibility index (Phi) is 5.33. The van der Waals surface area contributed by atoms with E-state index in [9.17, 15) is 14.7 Å². The van der Waals surface area contributed by atoms with Crippen LogP contribution in [-0.4, -0.2) is 44.8 Å². The van der Waals surface area contributed by atoms with E-state index in [0.29, 0.717) is 31.5 Å². The maximum absolute atomic E-state index is 13.2. The zero-order chi connectivity index (χ0) is 20.5. The number of carbonyl (C=O) groups excluding carboxylic acids is 1. The van der Waals surface area contributed by atoms with Crippen LogP contribution in [0, 0.1) is 0 Å². The molecule has 1 saturated heterocycles. The van der Waals surface area contributed by atoms with Crippen molar-refractivity contribution >= 4 is 11.9 Å². The first-order valence-corrected chi connectivity index (χ1v) is 9.86. The van der Waals surface area contributed by atoms with E-state index in [1.54, 1.807) is 11.1 Å². The summed E-state index contributed by atoms with van der Waals surface area (Å²) in [5.41, 5.74) is 1.23. The molecular weight excluding hydrogens is 354 g/mol. The molecule has 1 N–H and O–H groups in total. The SMILES string of the molecule is CCc1c(C(=O)N2CCC(C(=O)O)(c3ccccc3)CC2)cnn1C(C)(C)C. The summed E-state index contributed by atoms with van der Waals surface area (Å²) in [6, 6.07) is 9.36. The van der Waals surface area contributed by atoms with Gasteiger partial charge >= 0.3 is 5.97 Å². The molecule has 0 atom stereocenters. The number of hydrogen-bond acceptors (Lipinski definition) is 3. The third-order valence-corrected chi connectivity index (χ3v) is 5.71. The largest absolute Gasteiger partial charge is 0.481 e. The fraction of sp³-hybridized carbons (Fsp3) is 0.500. The van der Waals surface area contributed by atoms with E-state index in [2.05, 4.69) is 25.9 Å². The van der Waals surface area contributed by atoms with Crippen molar-refractivity contribution in [3.63, 3.8) is 0 Å². The van der Waals surface area contributed by atoms with Gasteiger partial charge in [-0.2, -0.15) is 5.10 Å². The summed E-state index contributed by atoms with van der Waals surface area (Å²) < 4.78 is 1.91. The monoisotopic (exact) mass is 383 g/mol. The lowest BCUT2D eigenvalue weighted by molar-refractivity contribution is -0.145. The van der Waals surface area contributed by atoms with Gasteiger partial charge in [-0.15, -0.1) is 0 Å². The minimum absolute atomic E-state index is 0.0561. The second kappa shape index (κ2) is 7.41. The fourth-order valence-corrected chi connectivity index (χ4v) is 4.12. The number of nitrogens with zero attached hydrogens (tertiary/aromatic N) is 3. The smallest absolute Gasteiger partial charge is 0.314 e. The highest BCUT2D eigenvalue weighted by Crippen LogP contribution is 2.36. The normalized spacial score (nSPS) is 16.8. The number of benzene rings is 1. The van der Waals surface area contributed by atoms with Crippen LogP contribution in [-0.2, 0) is 22.2 Å². The van der Waals surface area contributed by atoms with Gasteiger partial charge in [0.15, 0.2) is 0 Å². The molecule has 1 aromatic carbocycles. The molecule has 0 aliphatic carbocycles. The minimum atomic E-state index is -0.929. The molecule has 3 rings (SSSR count). The average Bonchev–Trinajstić information content (AvgIpc) is 3.12. The van der Waals surface area contributed by atoms with Gasteiger partial charge in [0.2, 0.25) is 0 Å². The van der Waals surface area contributed by atoms with Crippen molar-refractivity contribution in [2.24, 2.45) is 0 Å². The van der Waals surface area contributed by atoms with Crippen LogP contribution >= 0.6 is 0 Å². The van der Waals surface area contributed by atoms with E-state index < -0.39 is 11.4 Å². The summed E-state index contributed by atoms with van der Waals surface area (Å²) in [6.45, 7) is 9.06. The number of aromatic nitrogens is 2. The second-order valence-corrected chi connectivity index (χ2v) is 8.49. The number of rotatable bonds is 4. The molecule has 0 spiro atoms. The zero-order valence-electron chi connectivity index (χ0n) is 17.1. The van der Waals surface area contributed by atoms with Crippen molar-refractivity contribution in [3.05, 3.63) is 53.3 Å². The molecule has 1 aromatic heterocycles. The summed E-state index contributed by atoms with van der Waals surface area (Å²) in [4.78, 5) is 27.1. The molecule has 0 saturated carbocycles. The van der Waals surface area contributed by atoms with Crippen molar-refractivity contribution in [1.82, 2.24) is 14.7 Å². The highest BCUT2D eigenvalue weighted by atomic mass is 16.4. The molecule has 6 nitrogen and oxygen atoms in total. The van der Waals surface area contributed by atoms with Crippen molar-refractivity contribution in [1.29, 1.82) is 0 Å². The van der Waals surface area contributed by atoms with E-state index >= 15 is 0 Å². The summed E-state index contributed by atoms with van der Waals surface area (Å²) >= 11 is 0. The minimum Gasteiger partial charge on any atom is -0.481 e. The quantitative estimate of drug-likeness (QED) is 0.877. The van der Waals surface area contributed by atoms with Crippen LogP contribution in [0.25, 0.3) is 0 Å². The summed E-state index contributed by atoms with van der Waals surface area (Å²) in [6.07, 6.45) is 3.19. The van der Waals surface area contributed by atoms with Gasteiger partial charge in [0.05, 0.1) is 28.4 Å². The maximum atomic E-state index is 13.2. The number of aliphatic carboxylic acids is 1. The molecule has 1 amide bonds. The Morgan fingerprint density at radius 1 is 1.14 bits per heavy atom. The van der Waals surface area contributed by atoms with Gasteiger partial charge < -0.3 is 10.0 Å². The van der Waals surface area contributed by atoms with E-state index in [0.717, 1.165) is 17.7 Å². The Labute approximate surface area is 166 Å². The number of piperidine rings is 1. The van der Waals surface area contributed by atoms with Crippen molar-refractivity contribution in [2.75, 3.05) is 13.1 Å².